The monoisotopic (exact) mass is 312 g/mol. The summed E-state index contributed by atoms with van der Waals surface area (Å²) in [4.78, 5) is 0.159. The summed E-state index contributed by atoms with van der Waals surface area (Å²) in [7, 11) is -3.50. The van der Waals surface area contributed by atoms with Crippen molar-refractivity contribution in [1.82, 2.24) is 14.1 Å². The third-order valence-corrected chi connectivity index (χ3v) is 7.06. The first kappa shape index (κ1) is 14.8. The molecule has 1 saturated carbocycles. The van der Waals surface area contributed by atoms with Crippen LogP contribution in [0, 0.1) is 5.41 Å². The minimum absolute atomic E-state index is 0.109. The number of aryl methyl sites for hydroxylation is 1. The first-order valence-corrected chi connectivity index (χ1v) is 9.24. The molecule has 1 spiro atoms. The first-order valence-electron chi connectivity index (χ1n) is 7.80. The van der Waals surface area contributed by atoms with Gasteiger partial charge in [-0.3, -0.25) is 4.68 Å². The van der Waals surface area contributed by atoms with Gasteiger partial charge in [0.2, 0.25) is 10.0 Å². The van der Waals surface area contributed by atoms with Crippen molar-refractivity contribution in [2.24, 2.45) is 5.41 Å². The number of anilines is 1. The molecule has 0 unspecified atom stereocenters. The van der Waals surface area contributed by atoms with Crippen LogP contribution in [0.3, 0.4) is 0 Å². The van der Waals surface area contributed by atoms with Crippen molar-refractivity contribution in [3.05, 3.63) is 6.20 Å². The highest BCUT2D eigenvalue weighted by molar-refractivity contribution is 7.89. The SMILES string of the molecule is CCn1cc(S(=O)(=O)N2CCC3(CCCC3)CC2)c(N)n1. The fourth-order valence-corrected chi connectivity index (χ4v) is 5.25. The van der Waals surface area contributed by atoms with Crippen LogP contribution in [0.5, 0.6) is 0 Å². The van der Waals surface area contributed by atoms with Crippen molar-refractivity contribution in [3.8, 4) is 0 Å². The van der Waals surface area contributed by atoms with E-state index in [0.717, 1.165) is 12.8 Å². The van der Waals surface area contributed by atoms with Crippen LogP contribution in [-0.2, 0) is 16.6 Å². The topological polar surface area (TPSA) is 81.2 Å². The van der Waals surface area contributed by atoms with Gasteiger partial charge in [-0.05, 0) is 38.0 Å². The average molecular weight is 312 g/mol. The summed E-state index contributed by atoms with van der Waals surface area (Å²) in [5, 5.41) is 4.05. The Balaban J connectivity index is 1.78. The Bertz CT molecular complexity index is 607. The smallest absolute Gasteiger partial charge is 0.248 e. The number of nitrogens with zero attached hydrogens (tertiary/aromatic N) is 3. The van der Waals surface area contributed by atoms with Crippen LogP contribution < -0.4 is 5.73 Å². The maximum absolute atomic E-state index is 12.7. The minimum atomic E-state index is -3.50. The molecule has 0 amide bonds. The van der Waals surface area contributed by atoms with E-state index in [2.05, 4.69) is 5.10 Å². The van der Waals surface area contributed by atoms with Crippen molar-refractivity contribution < 1.29 is 8.42 Å². The van der Waals surface area contributed by atoms with E-state index in [4.69, 9.17) is 5.73 Å². The molecular formula is C14H24N4O2S. The zero-order valence-electron chi connectivity index (χ0n) is 12.6. The third-order valence-electron chi connectivity index (χ3n) is 5.14. The van der Waals surface area contributed by atoms with Gasteiger partial charge in [0, 0.05) is 25.8 Å². The average Bonchev–Trinajstić information content (AvgIpc) is 3.07. The first-order chi connectivity index (χ1) is 9.97. The van der Waals surface area contributed by atoms with Gasteiger partial charge in [-0.15, -0.1) is 0 Å². The van der Waals surface area contributed by atoms with Crippen LogP contribution >= 0.6 is 0 Å². The largest absolute Gasteiger partial charge is 0.381 e. The fourth-order valence-electron chi connectivity index (χ4n) is 3.74. The van der Waals surface area contributed by atoms with Gasteiger partial charge < -0.3 is 5.73 Å². The van der Waals surface area contributed by atoms with Crippen LogP contribution in [0.15, 0.2) is 11.1 Å². The molecular weight excluding hydrogens is 288 g/mol. The Morgan fingerprint density at radius 1 is 1.24 bits per heavy atom. The van der Waals surface area contributed by atoms with Gasteiger partial charge >= 0.3 is 0 Å². The van der Waals surface area contributed by atoms with E-state index in [-0.39, 0.29) is 10.7 Å². The summed E-state index contributed by atoms with van der Waals surface area (Å²) in [6.07, 6.45) is 8.62. The predicted molar refractivity (Wildman–Crippen MR) is 81.2 cm³/mol. The summed E-state index contributed by atoms with van der Waals surface area (Å²) in [5.74, 6) is 0.109. The molecule has 3 rings (SSSR count). The zero-order valence-corrected chi connectivity index (χ0v) is 13.4. The van der Waals surface area contributed by atoms with E-state index in [1.807, 2.05) is 6.92 Å². The summed E-state index contributed by atoms with van der Waals surface area (Å²) in [6.45, 7) is 3.74. The molecule has 0 radical (unpaired) electrons. The fraction of sp³-hybridized carbons (Fsp3) is 0.786. The Labute approximate surface area is 126 Å². The standard InChI is InChI=1S/C14H24N4O2S/c1-2-17-11-12(13(15)16-17)21(19,20)18-9-7-14(8-10-18)5-3-4-6-14/h11H,2-10H2,1H3,(H2,15,16). The van der Waals surface area contributed by atoms with Gasteiger partial charge in [0.15, 0.2) is 5.82 Å². The Morgan fingerprint density at radius 2 is 1.86 bits per heavy atom. The zero-order chi connectivity index (χ0) is 15.1. The maximum atomic E-state index is 12.7. The van der Waals surface area contributed by atoms with Gasteiger partial charge in [-0.2, -0.15) is 9.40 Å². The molecule has 1 aromatic rings. The van der Waals surface area contributed by atoms with E-state index >= 15 is 0 Å². The number of sulfonamides is 1. The quantitative estimate of drug-likeness (QED) is 0.923. The van der Waals surface area contributed by atoms with Crippen LogP contribution in [0.25, 0.3) is 0 Å². The van der Waals surface area contributed by atoms with Crippen LogP contribution in [0.1, 0.15) is 45.4 Å². The highest BCUT2D eigenvalue weighted by Crippen LogP contribution is 2.46. The number of nitrogen functional groups attached to an aromatic ring is 1. The number of hydrogen-bond acceptors (Lipinski definition) is 4. The third kappa shape index (κ3) is 2.57. The Morgan fingerprint density at radius 3 is 2.38 bits per heavy atom. The van der Waals surface area contributed by atoms with E-state index in [1.54, 1.807) is 15.2 Å². The maximum Gasteiger partial charge on any atom is 0.248 e. The molecule has 2 heterocycles. The molecule has 1 saturated heterocycles. The molecule has 7 heteroatoms. The summed E-state index contributed by atoms with van der Waals surface area (Å²) in [6, 6.07) is 0. The molecule has 1 aromatic heterocycles. The lowest BCUT2D eigenvalue weighted by Gasteiger charge is -2.38. The number of rotatable bonds is 3. The van der Waals surface area contributed by atoms with Crippen molar-refractivity contribution in [2.75, 3.05) is 18.8 Å². The highest BCUT2D eigenvalue weighted by Gasteiger charge is 2.40. The van der Waals surface area contributed by atoms with Crippen molar-refractivity contribution in [3.63, 3.8) is 0 Å². The predicted octanol–water partition coefficient (Wildman–Crippen LogP) is 1.83. The van der Waals surface area contributed by atoms with Crippen LogP contribution in [-0.4, -0.2) is 35.6 Å². The molecule has 2 aliphatic rings. The highest BCUT2D eigenvalue weighted by atomic mass is 32.2. The number of piperidine rings is 1. The Kier molecular flexibility index (Phi) is 3.73. The number of aromatic nitrogens is 2. The summed E-state index contributed by atoms with van der Waals surface area (Å²) in [5.41, 5.74) is 6.20. The summed E-state index contributed by atoms with van der Waals surface area (Å²) >= 11 is 0. The van der Waals surface area contributed by atoms with Gasteiger partial charge in [-0.1, -0.05) is 12.8 Å². The lowest BCUT2D eigenvalue weighted by atomic mass is 9.78. The van der Waals surface area contributed by atoms with Crippen molar-refractivity contribution in [2.45, 2.75) is 56.9 Å². The van der Waals surface area contributed by atoms with Gasteiger partial charge in [0.05, 0.1) is 0 Å². The second kappa shape index (κ2) is 5.28. The molecule has 21 heavy (non-hydrogen) atoms. The second-order valence-electron chi connectivity index (χ2n) is 6.35. The van der Waals surface area contributed by atoms with E-state index < -0.39 is 10.0 Å². The summed E-state index contributed by atoms with van der Waals surface area (Å²) < 4.78 is 28.6. The van der Waals surface area contributed by atoms with E-state index in [9.17, 15) is 8.42 Å². The molecule has 118 valence electrons. The minimum Gasteiger partial charge on any atom is -0.381 e. The van der Waals surface area contributed by atoms with Gasteiger partial charge in [-0.25, -0.2) is 8.42 Å². The van der Waals surface area contributed by atoms with Crippen molar-refractivity contribution in [1.29, 1.82) is 0 Å². The number of nitrogens with two attached hydrogens (primary N) is 1. The van der Waals surface area contributed by atoms with Crippen LogP contribution in [0.4, 0.5) is 5.82 Å². The molecule has 6 nitrogen and oxygen atoms in total. The van der Waals surface area contributed by atoms with E-state index in [1.165, 1.54) is 25.7 Å². The number of hydrogen-bond donors (Lipinski definition) is 1. The normalized spacial score (nSPS) is 22.9. The molecule has 1 aliphatic carbocycles. The van der Waals surface area contributed by atoms with E-state index in [0.29, 0.717) is 25.0 Å². The molecule has 0 atom stereocenters. The van der Waals surface area contributed by atoms with Gasteiger partial charge in [0.25, 0.3) is 0 Å². The lowest BCUT2D eigenvalue weighted by molar-refractivity contribution is 0.160. The molecule has 0 aromatic carbocycles. The molecule has 1 aliphatic heterocycles. The van der Waals surface area contributed by atoms with Crippen molar-refractivity contribution >= 4 is 15.8 Å². The molecule has 2 fully saturated rings. The second-order valence-corrected chi connectivity index (χ2v) is 8.25. The lowest BCUT2D eigenvalue weighted by Crippen LogP contribution is -2.42. The molecule has 2 N–H and O–H groups in total. The molecule has 0 bridgehead atoms. The van der Waals surface area contributed by atoms with Gasteiger partial charge in [0.1, 0.15) is 4.90 Å². The van der Waals surface area contributed by atoms with Crippen LogP contribution in [0.2, 0.25) is 0 Å². The Hall–Kier alpha value is -1.08.